The summed E-state index contributed by atoms with van der Waals surface area (Å²) in [7, 11) is 0. The predicted octanol–water partition coefficient (Wildman–Crippen LogP) is 2.20. The molecule has 3 aromatic rings. The molecule has 1 aliphatic heterocycles. The van der Waals surface area contributed by atoms with Crippen LogP contribution >= 0.6 is 11.7 Å². The van der Waals surface area contributed by atoms with Crippen molar-refractivity contribution in [1.82, 2.24) is 23.8 Å². The van der Waals surface area contributed by atoms with Crippen LogP contribution in [-0.4, -0.2) is 49.3 Å². The number of aromatic nitrogens is 4. The number of piperidine rings is 1. The first-order chi connectivity index (χ1) is 12.2. The van der Waals surface area contributed by atoms with E-state index >= 15 is 0 Å². The monoisotopic (exact) mass is 358 g/mol. The minimum Gasteiger partial charge on any atom is -0.339 e. The number of benzene rings is 1. The van der Waals surface area contributed by atoms with Gasteiger partial charge in [0.2, 0.25) is 11.8 Å². The fourth-order valence-corrected chi connectivity index (χ4v) is 3.67. The minimum atomic E-state index is -0.0346. The van der Waals surface area contributed by atoms with E-state index in [0.29, 0.717) is 23.9 Å². The van der Waals surface area contributed by atoms with Gasteiger partial charge in [0.25, 0.3) is 0 Å². The molecule has 4 rings (SSSR count). The summed E-state index contributed by atoms with van der Waals surface area (Å²) in [5, 5.41) is 6.80. The van der Waals surface area contributed by atoms with E-state index in [4.69, 9.17) is 4.52 Å². The lowest BCUT2D eigenvalue weighted by Gasteiger charge is -2.29. The molecule has 8 nitrogen and oxygen atoms in total. The highest BCUT2D eigenvalue weighted by atomic mass is 32.1. The molecule has 0 saturated carbocycles. The highest BCUT2D eigenvalue weighted by Crippen LogP contribution is 2.27. The number of fused-ring (bicyclic) bond motifs is 1. The van der Waals surface area contributed by atoms with Crippen molar-refractivity contribution >= 4 is 34.4 Å². The molecule has 0 radical (unpaired) electrons. The van der Waals surface area contributed by atoms with Crippen LogP contribution in [0.1, 0.15) is 30.5 Å². The van der Waals surface area contributed by atoms with E-state index in [1.54, 1.807) is 0 Å². The van der Waals surface area contributed by atoms with Crippen molar-refractivity contribution < 1.29 is 9.32 Å². The van der Waals surface area contributed by atoms with Crippen molar-refractivity contribution in [3.63, 3.8) is 0 Å². The second-order valence-corrected chi connectivity index (χ2v) is 6.74. The SMILES string of the molecule is Cc1noc(C2CCN(CC(=O)Nc3cccc4nsnc34)CC2)n1. The molecular weight excluding hydrogens is 340 g/mol. The lowest BCUT2D eigenvalue weighted by atomic mass is 9.97. The summed E-state index contributed by atoms with van der Waals surface area (Å²) in [6.45, 7) is 3.86. The number of likely N-dealkylation sites (tertiary alicyclic amines) is 1. The van der Waals surface area contributed by atoms with Gasteiger partial charge in [0, 0.05) is 5.92 Å². The summed E-state index contributed by atoms with van der Waals surface area (Å²) in [5.41, 5.74) is 2.26. The molecule has 0 spiro atoms. The Morgan fingerprint density at radius 2 is 2.20 bits per heavy atom. The van der Waals surface area contributed by atoms with E-state index in [1.807, 2.05) is 25.1 Å². The third kappa shape index (κ3) is 3.52. The number of rotatable bonds is 4. The topological polar surface area (TPSA) is 97.0 Å². The Kier molecular flexibility index (Phi) is 4.41. The summed E-state index contributed by atoms with van der Waals surface area (Å²) < 4.78 is 13.7. The predicted molar refractivity (Wildman–Crippen MR) is 93.5 cm³/mol. The number of carbonyl (C=O) groups excluding carboxylic acids is 1. The highest BCUT2D eigenvalue weighted by Gasteiger charge is 2.25. The van der Waals surface area contributed by atoms with Gasteiger partial charge in [-0.25, -0.2) is 0 Å². The van der Waals surface area contributed by atoms with Gasteiger partial charge in [-0.1, -0.05) is 11.2 Å². The second-order valence-electron chi connectivity index (χ2n) is 6.22. The Balaban J connectivity index is 1.32. The van der Waals surface area contributed by atoms with E-state index in [9.17, 15) is 4.79 Å². The first-order valence-electron chi connectivity index (χ1n) is 8.23. The molecule has 1 fully saturated rings. The zero-order chi connectivity index (χ0) is 17.2. The summed E-state index contributed by atoms with van der Waals surface area (Å²) in [5.74, 6) is 1.63. The summed E-state index contributed by atoms with van der Waals surface area (Å²) in [6, 6.07) is 5.61. The van der Waals surface area contributed by atoms with Gasteiger partial charge in [0.05, 0.1) is 24.0 Å². The molecule has 1 amide bonds. The molecule has 0 atom stereocenters. The Bertz CT molecular complexity index is 884. The Morgan fingerprint density at radius 1 is 1.36 bits per heavy atom. The van der Waals surface area contributed by atoms with Crippen molar-refractivity contribution in [3.8, 4) is 0 Å². The van der Waals surface area contributed by atoms with Gasteiger partial charge in [0.1, 0.15) is 11.0 Å². The molecule has 130 valence electrons. The van der Waals surface area contributed by atoms with E-state index in [2.05, 4.69) is 29.1 Å². The molecule has 0 unspecified atom stereocenters. The number of aryl methyl sites for hydroxylation is 1. The first kappa shape index (κ1) is 16.1. The Hall–Kier alpha value is -2.39. The Labute approximate surface area is 148 Å². The van der Waals surface area contributed by atoms with Crippen molar-refractivity contribution in [2.75, 3.05) is 25.0 Å². The van der Waals surface area contributed by atoms with Crippen LogP contribution in [0.15, 0.2) is 22.7 Å². The van der Waals surface area contributed by atoms with Crippen LogP contribution in [0.2, 0.25) is 0 Å². The maximum absolute atomic E-state index is 12.4. The molecule has 3 heterocycles. The third-order valence-electron chi connectivity index (χ3n) is 4.41. The fraction of sp³-hybridized carbons (Fsp3) is 0.438. The Morgan fingerprint density at radius 3 is 2.96 bits per heavy atom. The van der Waals surface area contributed by atoms with E-state index in [1.165, 1.54) is 0 Å². The molecule has 25 heavy (non-hydrogen) atoms. The number of carbonyl (C=O) groups is 1. The fourth-order valence-electron chi connectivity index (χ4n) is 3.12. The number of nitrogens with zero attached hydrogens (tertiary/aromatic N) is 5. The van der Waals surface area contributed by atoms with Crippen LogP contribution < -0.4 is 5.32 Å². The number of hydrogen-bond acceptors (Lipinski definition) is 8. The maximum Gasteiger partial charge on any atom is 0.238 e. The molecule has 0 aliphatic carbocycles. The van der Waals surface area contributed by atoms with Crippen LogP contribution in [-0.2, 0) is 4.79 Å². The average molecular weight is 358 g/mol. The molecule has 1 aliphatic rings. The summed E-state index contributed by atoms with van der Waals surface area (Å²) in [6.07, 6.45) is 1.83. The van der Waals surface area contributed by atoms with Crippen molar-refractivity contribution in [3.05, 3.63) is 29.9 Å². The number of nitrogens with one attached hydrogen (secondary N) is 1. The smallest absolute Gasteiger partial charge is 0.238 e. The summed E-state index contributed by atoms with van der Waals surface area (Å²) >= 11 is 1.15. The van der Waals surface area contributed by atoms with E-state index in [0.717, 1.165) is 48.7 Å². The van der Waals surface area contributed by atoms with Crippen molar-refractivity contribution in [2.24, 2.45) is 0 Å². The lowest BCUT2D eigenvalue weighted by molar-refractivity contribution is -0.117. The molecule has 1 aromatic carbocycles. The summed E-state index contributed by atoms with van der Waals surface area (Å²) in [4.78, 5) is 18.8. The van der Waals surface area contributed by atoms with Crippen LogP contribution in [0.3, 0.4) is 0 Å². The van der Waals surface area contributed by atoms with Crippen LogP contribution in [0, 0.1) is 6.92 Å². The van der Waals surface area contributed by atoms with Gasteiger partial charge in [0.15, 0.2) is 5.82 Å². The van der Waals surface area contributed by atoms with Crippen LogP contribution in [0.4, 0.5) is 5.69 Å². The van der Waals surface area contributed by atoms with Crippen molar-refractivity contribution in [2.45, 2.75) is 25.7 Å². The first-order valence-corrected chi connectivity index (χ1v) is 8.96. The van der Waals surface area contributed by atoms with Crippen molar-refractivity contribution in [1.29, 1.82) is 0 Å². The van der Waals surface area contributed by atoms with Gasteiger partial charge < -0.3 is 9.84 Å². The average Bonchev–Trinajstić information content (AvgIpc) is 3.25. The van der Waals surface area contributed by atoms with Crippen LogP contribution in [0.5, 0.6) is 0 Å². The molecule has 1 saturated heterocycles. The van der Waals surface area contributed by atoms with E-state index in [-0.39, 0.29) is 11.8 Å². The molecular formula is C16H18N6O2S. The second kappa shape index (κ2) is 6.85. The van der Waals surface area contributed by atoms with Gasteiger partial charge in [-0.2, -0.15) is 13.7 Å². The third-order valence-corrected chi connectivity index (χ3v) is 4.95. The van der Waals surface area contributed by atoms with Crippen LogP contribution in [0.25, 0.3) is 11.0 Å². The highest BCUT2D eigenvalue weighted by molar-refractivity contribution is 7.00. The lowest BCUT2D eigenvalue weighted by Crippen LogP contribution is -2.38. The number of amides is 1. The maximum atomic E-state index is 12.4. The molecule has 0 bridgehead atoms. The quantitative estimate of drug-likeness (QED) is 0.763. The van der Waals surface area contributed by atoms with E-state index < -0.39 is 0 Å². The zero-order valence-electron chi connectivity index (χ0n) is 13.8. The molecule has 2 aromatic heterocycles. The van der Waals surface area contributed by atoms with Gasteiger partial charge in [-0.3, -0.25) is 9.69 Å². The zero-order valence-corrected chi connectivity index (χ0v) is 14.6. The molecule has 1 N–H and O–H groups in total. The number of hydrogen-bond donors (Lipinski definition) is 1. The van der Waals surface area contributed by atoms with Gasteiger partial charge >= 0.3 is 0 Å². The largest absolute Gasteiger partial charge is 0.339 e. The molecule has 9 heteroatoms. The normalized spacial score (nSPS) is 16.4. The van der Waals surface area contributed by atoms with Gasteiger partial charge in [-0.05, 0) is 45.0 Å². The minimum absolute atomic E-state index is 0.0346. The number of anilines is 1. The van der Waals surface area contributed by atoms with Gasteiger partial charge in [-0.15, -0.1) is 0 Å². The standard InChI is InChI=1S/C16H18N6O2S/c1-10-17-16(24-19-10)11-5-7-22(8-6-11)9-14(23)18-12-3-2-4-13-15(12)21-25-20-13/h2-4,11H,5-9H2,1H3,(H,18,23).